The summed E-state index contributed by atoms with van der Waals surface area (Å²) in [4.78, 5) is 33.0. The van der Waals surface area contributed by atoms with Gasteiger partial charge in [-0.05, 0) is 69.1 Å². The number of rotatable bonds is 4. The second kappa shape index (κ2) is 8.06. The molecule has 9 nitrogen and oxygen atoms in total. The summed E-state index contributed by atoms with van der Waals surface area (Å²) in [6.07, 6.45) is 9.09. The molecule has 4 aromatic rings. The van der Waals surface area contributed by atoms with E-state index in [0.29, 0.717) is 28.5 Å². The molecule has 1 fully saturated rings. The first-order chi connectivity index (χ1) is 16.9. The Kier molecular flexibility index (Phi) is 4.96. The van der Waals surface area contributed by atoms with Crippen molar-refractivity contribution in [3.8, 4) is 11.1 Å². The summed E-state index contributed by atoms with van der Waals surface area (Å²) in [6.45, 7) is 5.94. The van der Waals surface area contributed by atoms with Gasteiger partial charge in [0, 0.05) is 35.1 Å². The number of H-pyrrole nitrogens is 1. The summed E-state index contributed by atoms with van der Waals surface area (Å²) in [5.41, 5.74) is 4.94. The van der Waals surface area contributed by atoms with Gasteiger partial charge in [0.05, 0.1) is 29.0 Å². The van der Waals surface area contributed by atoms with Crippen LogP contribution in [-0.4, -0.2) is 44.7 Å². The number of hydrogen-bond donors (Lipinski definition) is 4. The van der Waals surface area contributed by atoms with Crippen molar-refractivity contribution >= 4 is 28.5 Å². The summed E-state index contributed by atoms with van der Waals surface area (Å²) in [6, 6.07) is 8.03. The highest BCUT2D eigenvalue weighted by molar-refractivity contribution is 6.07. The highest BCUT2D eigenvalue weighted by Crippen LogP contribution is 2.36. The molecule has 6 rings (SSSR count). The molecule has 9 heteroatoms. The van der Waals surface area contributed by atoms with E-state index in [1.807, 2.05) is 55.2 Å². The van der Waals surface area contributed by atoms with Crippen molar-refractivity contribution in [2.45, 2.75) is 38.3 Å². The van der Waals surface area contributed by atoms with E-state index in [9.17, 15) is 9.59 Å². The maximum Gasteiger partial charge on any atom is 0.257 e. The number of carbonyl (C=O) groups excluding carboxylic acids is 2. The van der Waals surface area contributed by atoms with Crippen LogP contribution in [0.2, 0.25) is 0 Å². The molecule has 0 atom stereocenters. The molecule has 2 amide bonds. The number of aromatic nitrogens is 4. The number of piperidine rings is 1. The van der Waals surface area contributed by atoms with Gasteiger partial charge in [0.15, 0.2) is 0 Å². The number of nitrogens with one attached hydrogen (secondary N) is 4. The van der Waals surface area contributed by atoms with Crippen LogP contribution < -0.4 is 16.0 Å². The van der Waals surface area contributed by atoms with Crippen molar-refractivity contribution in [1.82, 2.24) is 30.4 Å². The first-order valence-corrected chi connectivity index (χ1v) is 11.9. The van der Waals surface area contributed by atoms with Crippen LogP contribution in [0.1, 0.15) is 59.0 Å². The van der Waals surface area contributed by atoms with Gasteiger partial charge in [-0.25, -0.2) is 4.98 Å². The second-order valence-corrected chi connectivity index (χ2v) is 9.81. The monoisotopic (exact) mass is 469 g/mol. The third-order valence-corrected chi connectivity index (χ3v) is 7.01. The SMILES string of the molecule is CC1(C)NC(=O)c2ccc(-c3c[nH]c4ncc(C(=O)Nc5cnn(C6CCNCC6)c5)cc34)cc21. The van der Waals surface area contributed by atoms with Gasteiger partial charge in [-0.2, -0.15) is 5.10 Å². The minimum absolute atomic E-state index is 0.0559. The predicted octanol–water partition coefficient (Wildman–Crippen LogP) is 3.58. The second-order valence-electron chi connectivity index (χ2n) is 9.81. The maximum absolute atomic E-state index is 13.0. The van der Waals surface area contributed by atoms with Gasteiger partial charge < -0.3 is 20.9 Å². The molecule has 0 aliphatic carbocycles. The number of amides is 2. The Bertz CT molecular complexity index is 1460. The fourth-order valence-corrected chi connectivity index (χ4v) is 5.09. The molecule has 0 saturated carbocycles. The normalized spacial score (nSPS) is 17.4. The zero-order valence-electron chi connectivity index (χ0n) is 19.7. The zero-order chi connectivity index (χ0) is 24.2. The average Bonchev–Trinajstić information content (AvgIpc) is 3.55. The number of carbonyl (C=O) groups is 2. The number of aromatic amines is 1. The lowest BCUT2D eigenvalue weighted by Crippen LogP contribution is -2.32. The Balaban J connectivity index is 1.28. The van der Waals surface area contributed by atoms with Crippen LogP contribution in [0.25, 0.3) is 22.2 Å². The Morgan fingerprint density at radius 3 is 2.80 bits per heavy atom. The van der Waals surface area contributed by atoms with Gasteiger partial charge in [-0.15, -0.1) is 0 Å². The smallest absolute Gasteiger partial charge is 0.257 e. The summed E-state index contributed by atoms with van der Waals surface area (Å²) in [5.74, 6) is -0.291. The number of hydrogen-bond acceptors (Lipinski definition) is 5. The molecule has 1 saturated heterocycles. The summed E-state index contributed by atoms with van der Waals surface area (Å²) in [5, 5.41) is 14.6. The van der Waals surface area contributed by atoms with Crippen LogP contribution in [-0.2, 0) is 5.54 Å². The Labute approximate surface area is 202 Å². The molecule has 3 aromatic heterocycles. The number of fused-ring (bicyclic) bond motifs is 2. The van der Waals surface area contributed by atoms with E-state index in [0.717, 1.165) is 48.0 Å². The van der Waals surface area contributed by atoms with E-state index < -0.39 is 5.54 Å². The minimum atomic E-state index is -0.434. The van der Waals surface area contributed by atoms with Crippen molar-refractivity contribution < 1.29 is 9.59 Å². The van der Waals surface area contributed by atoms with E-state index in [2.05, 4.69) is 31.0 Å². The zero-order valence-corrected chi connectivity index (χ0v) is 19.7. The molecular formula is C26H27N7O2. The highest BCUT2D eigenvalue weighted by atomic mass is 16.2. The Hall–Kier alpha value is -3.98. The molecule has 2 aliphatic heterocycles. The van der Waals surface area contributed by atoms with Gasteiger partial charge in [0.2, 0.25) is 0 Å². The summed E-state index contributed by atoms with van der Waals surface area (Å²) in [7, 11) is 0. The quantitative estimate of drug-likeness (QED) is 0.365. The predicted molar refractivity (Wildman–Crippen MR) is 133 cm³/mol. The molecule has 1 aromatic carbocycles. The van der Waals surface area contributed by atoms with E-state index in [1.165, 1.54) is 0 Å². The van der Waals surface area contributed by atoms with Gasteiger partial charge in [0.1, 0.15) is 5.65 Å². The van der Waals surface area contributed by atoms with Crippen LogP contribution in [0, 0.1) is 0 Å². The van der Waals surface area contributed by atoms with Crippen molar-refractivity contribution in [3.05, 3.63) is 65.7 Å². The van der Waals surface area contributed by atoms with E-state index in [-0.39, 0.29) is 11.8 Å². The molecule has 0 spiro atoms. The third kappa shape index (κ3) is 3.77. The highest BCUT2D eigenvalue weighted by Gasteiger charge is 2.35. The lowest BCUT2D eigenvalue weighted by molar-refractivity contribution is 0.0939. The van der Waals surface area contributed by atoms with Crippen molar-refractivity contribution in [2.24, 2.45) is 0 Å². The van der Waals surface area contributed by atoms with E-state index in [1.54, 1.807) is 12.4 Å². The van der Waals surface area contributed by atoms with Gasteiger partial charge in [-0.1, -0.05) is 6.07 Å². The fraction of sp³-hybridized carbons (Fsp3) is 0.308. The summed E-state index contributed by atoms with van der Waals surface area (Å²) >= 11 is 0. The van der Waals surface area contributed by atoms with Gasteiger partial charge in [0.25, 0.3) is 11.8 Å². The number of benzene rings is 1. The van der Waals surface area contributed by atoms with Crippen LogP contribution in [0.4, 0.5) is 5.69 Å². The molecule has 0 radical (unpaired) electrons. The summed E-state index contributed by atoms with van der Waals surface area (Å²) < 4.78 is 1.94. The van der Waals surface area contributed by atoms with Crippen LogP contribution in [0.5, 0.6) is 0 Å². The molecule has 178 valence electrons. The van der Waals surface area contributed by atoms with Gasteiger partial charge >= 0.3 is 0 Å². The number of pyridine rings is 1. The van der Waals surface area contributed by atoms with Crippen molar-refractivity contribution in [2.75, 3.05) is 18.4 Å². The largest absolute Gasteiger partial charge is 0.346 e. The first kappa shape index (κ1) is 21.5. The van der Waals surface area contributed by atoms with E-state index in [4.69, 9.17) is 0 Å². The van der Waals surface area contributed by atoms with E-state index >= 15 is 0 Å². The van der Waals surface area contributed by atoms with Crippen LogP contribution >= 0.6 is 0 Å². The van der Waals surface area contributed by atoms with Crippen LogP contribution in [0.15, 0.2) is 49.1 Å². The third-order valence-electron chi connectivity index (χ3n) is 7.01. The number of nitrogens with zero attached hydrogens (tertiary/aromatic N) is 3. The fourth-order valence-electron chi connectivity index (χ4n) is 5.09. The Morgan fingerprint density at radius 1 is 1.14 bits per heavy atom. The lowest BCUT2D eigenvalue weighted by atomic mass is 9.91. The molecule has 2 aliphatic rings. The molecular weight excluding hydrogens is 442 g/mol. The average molecular weight is 470 g/mol. The van der Waals surface area contributed by atoms with Crippen molar-refractivity contribution in [3.63, 3.8) is 0 Å². The number of anilines is 1. The Morgan fingerprint density at radius 2 is 1.97 bits per heavy atom. The van der Waals surface area contributed by atoms with Crippen molar-refractivity contribution in [1.29, 1.82) is 0 Å². The molecule has 5 heterocycles. The van der Waals surface area contributed by atoms with Crippen LogP contribution in [0.3, 0.4) is 0 Å². The molecule has 35 heavy (non-hydrogen) atoms. The maximum atomic E-state index is 13.0. The van der Waals surface area contributed by atoms with Gasteiger partial charge in [-0.3, -0.25) is 14.3 Å². The molecule has 0 bridgehead atoms. The first-order valence-electron chi connectivity index (χ1n) is 11.9. The molecule has 0 unspecified atom stereocenters. The topological polar surface area (TPSA) is 117 Å². The lowest BCUT2D eigenvalue weighted by Gasteiger charge is -2.22. The minimum Gasteiger partial charge on any atom is -0.346 e. The standard InChI is InChI=1S/C26H27N7O2/c1-26(2)22-10-15(3-4-19(22)25(35)32-26)21-13-29-23-20(21)9-16(11-28-23)24(34)31-17-12-30-33(14-17)18-5-7-27-8-6-18/h3-4,9-14,18,27H,5-8H2,1-2H3,(H,28,29)(H,31,34)(H,32,35). The molecule has 4 N–H and O–H groups in total.